The lowest BCUT2D eigenvalue weighted by molar-refractivity contribution is -0.301. The number of nitrogens with one attached hydrogen (secondary N) is 6. The molecule has 3 aliphatic rings. The monoisotopic (exact) mass is 1490 g/mol. The van der Waals surface area contributed by atoms with Gasteiger partial charge >= 0.3 is 54.3 Å². The molecule has 580 valence electrons. The molecule has 1 saturated carbocycles. The zero-order chi connectivity index (χ0) is 78.6. The average Bonchev–Trinajstić information content (AvgIpc) is 0.778. The molecule has 6 amide bonds. The van der Waals surface area contributed by atoms with Gasteiger partial charge in [-0.1, -0.05) is 90.1 Å². The smallest absolute Gasteiger partial charge is 0.408 e. The molecule has 107 heavy (non-hydrogen) atoms. The highest BCUT2D eigenvalue weighted by Crippen LogP contribution is 2.37. The Morgan fingerprint density at radius 2 is 0.897 bits per heavy atom. The van der Waals surface area contributed by atoms with Crippen LogP contribution in [0.25, 0.3) is 10.4 Å². The normalized spacial score (nSPS) is 23.2. The first-order valence-corrected chi connectivity index (χ1v) is 34.8. The Kier molecular flexibility index (Phi) is 29.1. The second kappa shape index (κ2) is 37.1. The Hall–Kier alpha value is -10.5. The minimum atomic E-state index is -2.20. The molecule has 32 heteroatoms. The maximum absolute atomic E-state index is 15.6. The third-order valence-electron chi connectivity index (χ3n) is 15.3. The highest BCUT2D eigenvalue weighted by atomic mass is 16.7. The fourth-order valence-electron chi connectivity index (χ4n) is 11.0. The van der Waals surface area contributed by atoms with Crippen LogP contribution in [0.15, 0.2) is 139 Å². The molecule has 0 aromatic heterocycles. The quantitative estimate of drug-likeness (QED) is 0.00948. The SMILES string of the molecule is CC(C)(C)OC(=O)NCC[C@H](OC(=O)c1ccccc1)C(=O)N[C@@H]1C[C@H](NC(=O)OC(C)(C)C)C(O[C@@H]2OC(CNC(=O)OC(C)(C)C)C=CC2NC(=O)OC(C)(C)C)C(N=[N+]=[N-])[C@@H]1O[C@@H]1OC(COC(=O)c2ccccc2)[C@H](OC(=O)c2ccccc2)[C@H](NC(=O)OC(C)(C)C)C1OC(=O)c1ccccc1. The molecule has 2 heterocycles. The molecule has 0 spiro atoms. The van der Waals surface area contributed by atoms with Crippen LogP contribution in [0.4, 0.5) is 24.0 Å². The van der Waals surface area contributed by atoms with Crippen LogP contribution < -0.4 is 31.9 Å². The van der Waals surface area contributed by atoms with Crippen molar-refractivity contribution in [3.05, 3.63) is 166 Å². The lowest BCUT2D eigenvalue weighted by Gasteiger charge is -2.50. The zero-order valence-corrected chi connectivity index (χ0v) is 62.6. The summed E-state index contributed by atoms with van der Waals surface area (Å²) in [5.41, 5.74) is 5.61. The Labute approximate surface area is 620 Å². The third kappa shape index (κ3) is 27.4. The van der Waals surface area contributed by atoms with Gasteiger partial charge in [0.15, 0.2) is 30.9 Å². The van der Waals surface area contributed by atoms with Gasteiger partial charge in [-0.2, -0.15) is 0 Å². The van der Waals surface area contributed by atoms with Crippen LogP contribution in [0.5, 0.6) is 0 Å². The van der Waals surface area contributed by atoms with Gasteiger partial charge in [-0.25, -0.2) is 43.2 Å². The molecular weight excluding hydrogens is 1390 g/mol. The van der Waals surface area contributed by atoms with E-state index in [1.165, 1.54) is 72.8 Å². The Bertz CT molecular complexity index is 3780. The number of carbonyl (C=O) groups excluding carboxylic acids is 10. The Balaban J connectivity index is 1.47. The number of esters is 4. The van der Waals surface area contributed by atoms with Crippen LogP contribution in [0.2, 0.25) is 0 Å². The topological polar surface area (TPSA) is 412 Å². The molecule has 4 aromatic carbocycles. The Morgan fingerprint density at radius 1 is 0.477 bits per heavy atom. The van der Waals surface area contributed by atoms with Crippen molar-refractivity contribution in [1.29, 1.82) is 0 Å². The summed E-state index contributed by atoms with van der Waals surface area (Å²) in [5.74, 6) is -5.13. The number of rotatable bonds is 24. The summed E-state index contributed by atoms with van der Waals surface area (Å²) in [6.45, 7) is 22.6. The van der Waals surface area contributed by atoms with E-state index < -0.39 is 193 Å². The molecule has 4 aromatic rings. The predicted molar refractivity (Wildman–Crippen MR) is 382 cm³/mol. The number of alkyl carbamates (subject to hydrolysis) is 5. The molecule has 0 radical (unpaired) electrons. The minimum Gasteiger partial charge on any atom is -0.459 e. The third-order valence-corrected chi connectivity index (χ3v) is 15.3. The second-order valence-electron chi connectivity index (χ2n) is 30.1. The van der Waals surface area contributed by atoms with Gasteiger partial charge in [0, 0.05) is 17.9 Å². The highest BCUT2D eigenvalue weighted by molar-refractivity contribution is 5.93. The summed E-state index contributed by atoms with van der Waals surface area (Å²) in [4.78, 5) is 146. The van der Waals surface area contributed by atoms with Crippen molar-refractivity contribution in [3.8, 4) is 0 Å². The van der Waals surface area contributed by atoms with Crippen molar-refractivity contribution in [2.75, 3.05) is 19.7 Å². The van der Waals surface area contributed by atoms with Gasteiger partial charge in [-0.05, 0) is 164 Å². The van der Waals surface area contributed by atoms with E-state index in [2.05, 4.69) is 41.9 Å². The molecule has 0 bridgehead atoms. The lowest BCUT2D eigenvalue weighted by Crippen LogP contribution is -2.71. The summed E-state index contributed by atoms with van der Waals surface area (Å²) >= 11 is 0. The van der Waals surface area contributed by atoms with Crippen molar-refractivity contribution >= 4 is 60.3 Å². The van der Waals surface area contributed by atoms with E-state index >= 15 is 4.79 Å². The number of azide groups is 1. The molecule has 32 nitrogen and oxygen atoms in total. The van der Waals surface area contributed by atoms with Gasteiger partial charge in [0.25, 0.3) is 5.91 Å². The fourth-order valence-corrected chi connectivity index (χ4v) is 11.0. The number of amides is 6. The van der Waals surface area contributed by atoms with Crippen LogP contribution in [0.3, 0.4) is 0 Å². The van der Waals surface area contributed by atoms with Crippen LogP contribution in [0, 0.1) is 0 Å². The van der Waals surface area contributed by atoms with E-state index in [1.807, 2.05) is 0 Å². The standard InChI is InChI=1S/C75H97N9O23/c1-71(2,3)103-66(90)77-39-38-51(97-61(87)44-30-22-17-23-31-44)59(85)79-49-40-50(81-69(93)106-74(10,11)12)56(101-64-48(80-68(92)105-73(7,8)9)37-36-47(96-64)41-78-67(91)104-72(4,5)6)54(83-84-76)55(49)102-65-58(100-63(89)46-34-26-19-27-35-46)53(82-70(94)107-75(13,14)15)57(99-62(88)45-32-24-18-25-33-45)52(98-65)42-95-60(86)43-28-20-16-21-29-43/h16-37,47-58,64-65H,38-42H2,1-15H3,(H,77,90)(H,78,91)(H,79,85)(H,80,92)(H,81,93)(H,82,94)/t47?,48?,49-,50+,51+,52?,53+,54?,55-,56?,57+,58?,64+,65+/m1/s1. The van der Waals surface area contributed by atoms with Crippen LogP contribution in [-0.2, 0) is 66.4 Å². The lowest BCUT2D eigenvalue weighted by atomic mass is 9.81. The highest BCUT2D eigenvalue weighted by Gasteiger charge is 2.57. The largest absolute Gasteiger partial charge is 0.459 e. The zero-order valence-electron chi connectivity index (χ0n) is 62.6. The number of ether oxygens (including phenoxy) is 13. The van der Waals surface area contributed by atoms with E-state index in [-0.39, 0.29) is 35.3 Å². The molecule has 2 fully saturated rings. The van der Waals surface area contributed by atoms with Gasteiger partial charge in [0.05, 0.1) is 65.2 Å². The molecule has 14 atom stereocenters. The van der Waals surface area contributed by atoms with Gasteiger partial charge in [0.1, 0.15) is 52.8 Å². The first kappa shape index (κ1) is 83.7. The van der Waals surface area contributed by atoms with Crippen molar-refractivity contribution in [1.82, 2.24) is 31.9 Å². The van der Waals surface area contributed by atoms with Gasteiger partial charge in [-0.15, -0.1) is 0 Å². The average molecular weight is 1490 g/mol. The molecule has 6 unspecified atom stereocenters. The number of benzene rings is 4. The van der Waals surface area contributed by atoms with E-state index in [4.69, 9.17) is 61.6 Å². The van der Waals surface area contributed by atoms with Crippen molar-refractivity contribution in [3.63, 3.8) is 0 Å². The molecule has 1 aliphatic carbocycles. The first-order valence-electron chi connectivity index (χ1n) is 34.8. The van der Waals surface area contributed by atoms with Crippen molar-refractivity contribution < 1.29 is 110 Å². The maximum Gasteiger partial charge on any atom is 0.408 e. The number of nitrogens with zero attached hydrogens (tertiary/aromatic N) is 3. The number of hydrogen-bond acceptors (Lipinski definition) is 24. The minimum absolute atomic E-state index is 0.00764. The number of hydrogen-bond donors (Lipinski definition) is 6. The van der Waals surface area contributed by atoms with Crippen LogP contribution >= 0.6 is 0 Å². The van der Waals surface area contributed by atoms with E-state index in [0.717, 1.165) is 0 Å². The van der Waals surface area contributed by atoms with Gasteiger partial charge in [-0.3, -0.25) is 4.79 Å². The van der Waals surface area contributed by atoms with Gasteiger partial charge < -0.3 is 93.5 Å². The van der Waals surface area contributed by atoms with E-state index in [1.54, 1.807) is 165 Å². The summed E-state index contributed by atoms with van der Waals surface area (Å²) in [5, 5.41) is 20.5. The van der Waals surface area contributed by atoms with Gasteiger partial charge in [0.2, 0.25) is 0 Å². The molecule has 2 aliphatic heterocycles. The fraction of sp³-hybridized carbons (Fsp3) is 0.520. The second-order valence-corrected chi connectivity index (χ2v) is 30.1. The predicted octanol–water partition coefficient (Wildman–Crippen LogP) is 9.98. The van der Waals surface area contributed by atoms with Crippen LogP contribution in [0.1, 0.15) is 158 Å². The summed E-state index contributed by atoms with van der Waals surface area (Å²) in [7, 11) is 0. The maximum atomic E-state index is 15.6. The van der Waals surface area contributed by atoms with Crippen LogP contribution in [-0.4, -0.2) is 193 Å². The van der Waals surface area contributed by atoms with E-state index in [0.29, 0.717) is 0 Å². The summed E-state index contributed by atoms with van der Waals surface area (Å²) in [6, 6.07) is 22.0. The first-order chi connectivity index (χ1) is 50.2. The molecular formula is C75H97N9O23. The van der Waals surface area contributed by atoms with Crippen molar-refractivity contribution in [2.45, 2.75) is 230 Å². The Morgan fingerprint density at radius 3 is 1.38 bits per heavy atom. The summed E-state index contributed by atoms with van der Waals surface area (Å²) < 4.78 is 80.4. The van der Waals surface area contributed by atoms with E-state index in [9.17, 15) is 48.7 Å². The molecule has 7 rings (SSSR count). The molecule has 6 N–H and O–H groups in total. The molecule has 1 saturated heterocycles. The van der Waals surface area contributed by atoms with Crippen molar-refractivity contribution in [2.24, 2.45) is 5.11 Å². The summed E-state index contributed by atoms with van der Waals surface area (Å²) in [6.07, 6.45) is -19.4. The number of carbonyl (C=O) groups is 10.